The van der Waals surface area contributed by atoms with E-state index >= 15 is 0 Å². The van der Waals surface area contributed by atoms with Gasteiger partial charge in [-0.3, -0.25) is 0 Å². The van der Waals surface area contributed by atoms with Gasteiger partial charge in [-0.1, -0.05) is 18.2 Å². The Balaban J connectivity index is 1.63. The molecule has 0 unspecified atom stereocenters. The Morgan fingerprint density at radius 1 is 1.00 bits per heavy atom. The molecule has 27 heavy (non-hydrogen) atoms. The first-order valence-corrected chi connectivity index (χ1v) is 8.90. The molecule has 142 valence electrons. The van der Waals surface area contributed by atoms with Crippen LogP contribution in [0.4, 0.5) is 0 Å². The quantitative estimate of drug-likeness (QED) is 0.632. The molecule has 0 N–H and O–H groups in total. The Kier molecular flexibility index (Phi) is 5.56. The molecule has 0 radical (unpaired) electrons. The monoisotopic (exact) mass is 367 g/mol. The lowest BCUT2D eigenvalue weighted by Crippen LogP contribution is -2.18. The third kappa shape index (κ3) is 5.14. The minimum Gasteiger partial charge on any atom is -0.486 e. The summed E-state index contributed by atoms with van der Waals surface area (Å²) in [5.41, 5.74) is 3.92. The van der Waals surface area contributed by atoms with Crippen molar-refractivity contribution < 1.29 is 13.9 Å². The van der Waals surface area contributed by atoms with Crippen LogP contribution in [0.15, 0.2) is 41.3 Å². The molecule has 0 aliphatic heterocycles. The van der Waals surface area contributed by atoms with E-state index in [0.29, 0.717) is 36.4 Å². The highest BCUT2D eigenvalue weighted by Gasteiger charge is 2.14. The second-order valence-electron chi connectivity index (χ2n) is 7.43. The lowest BCUT2D eigenvalue weighted by Gasteiger charge is -2.17. The molecular formula is C21H25N3O3. The molecule has 0 fully saturated rings. The molecule has 6 nitrogen and oxygen atoms in total. The van der Waals surface area contributed by atoms with E-state index in [2.05, 4.69) is 40.9 Å². The SMILES string of the molecule is Cc1cccc(C)c1COc1cnc(-c2coc(COC(C)(C)C)n2)nc1. The normalized spacial score (nSPS) is 11.6. The first-order chi connectivity index (χ1) is 12.8. The van der Waals surface area contributed by atoms with Crippen molar-refractivity contribution in [1.29, 1.82) is 0 Å². The second kappa shape index (κ2) is 7.88. The maximum atomic E-state index is 5.84. The van der Waals surface area contributed by atoms with Gasteiger partial charge in [0.1, 0.15) is 25.2 Å². The summed E-state index contributed by atoms with van der Waals surface area (Å²) < 4.78 is 16.9. The van der Waals surface area contributed by atoms with Crippen molar-refractivity contribution in [1.82, 2.24) is 15.0 Å². The third-order valence-corrected chi connectivity index (χ3v) is 4.07. The number of aromatic nitrogens is 3. The predicted octanol–water partition coefficient (Wildman–Crippen LogP) is 4.64. The number of oxazole rings is 1. The van der Waals surface area contributed by atoms with Crippen LogP contribution < -0.4 is 4.74 Å². The van der Waals surface area contributed by atoms with Gasteiger partial charge in [0.2, 0.25) is 5.89 Å². The number of rotatable bonds is 6. The van der Waals surface area contributed by atoms with E-state index in [9.17, 15) is 0 Å². The van der Waals surface area contributed by atoms with Crippen LogP contribution in [0.5, 0.6) is 5.75 Å². The van der Waals surface area contributed by atoms with Gasteiger partial charge in [-0.15, -0.1) is 0 Å². The van der Waals surface area contributed by atoms with E-state index < -0.39 is 0 Å². The summed E-state index contributed by atoms with van der Waals surface area (Å²) in [5.74, 6) is 1.60. The first-order valence-electron chi connectivity index (χ1n) is 8.90. The molecule has 0 spiro atoms. The Labute approximate surface area is 159 Å². The first kappa shape index (κ1) is 19.0. The molecule has 0 atom stereocenters. The maximum absolute atomic E-state index is 5.84. The van der Waals surface area contributed by atoms with E-state index in [1.807, 2.05) is 26.8 Å². The van der Waals surface area contributed by atoms with Crippen molar-refractivity contribution in [2.45, 2.75) is 53.4 Å². The summed E-state index contributed by atoms with van der Waals surface area (Å²) in [4.78, 5) is 13.0. The van der Waals surface area contributed by atoms with Crippen molar-refractivity contribution in [3.8, 4) is 17.3 Å². The molecule has 0 saturated heterocycles. The van der Waals surface area contributed by atoms with E-state index in [4.69, 9.17) is 13.9 Å². The van der Waals surface area contributed by atoms with Gasteiger partial charge in [0.15, 0.2) is 11.6 Å². The van der Waals surface area contributed by atoms with Crippen LogP contribution in [-0.2, 0) is 18.0 Å². The standard InChI is InChI=1S/C21H25N3O3/c1-14-7-6-8-15(2)17(14)11-25-16-9-22-20(23-10-16)18-12-26-19(24-18)13-27-21(3,4)5/h6-10,12H,11,13H2,1-5H3. The molecule has 6 heteroatoms. The predicted molar refractivity (Wildman–Crippen MR) is 102 cm³/mol. The molecule has 0 amide bonds. The van der Waals surface area contributed by atoms with Crippen LogP contribution in [0.25, 0.3) is 11.5 Å². The van der Waals surface area contributed by atoms with Gasteiger partial charge in [-0.05, 0) is 51.3 Å². The number of aryl methyl sites for hydroxylation is 2. The molecule has 1 aromatic carbocycles. The zero-order valence-corrected chi connectivity index (χ0v) is 16.4. The molecule has 0 bridgehead atoms. The second-order valence-corrected chi connectivity index (χ2v) is 7.43. The highest BCUT2D eigenvalue weighted by atomic mass is 16.5. The molecule has 0 aliphatic carbocycles. The van der Waals surface area contributed by atoms with Crippen LogP contribution >= 0.6 is 0 Å². The van der Waals surface area contributed by atoms with E-state index in [0.717, 1.165) is 0 Å². The van der Waals surface area contributed by atoms with E-state index in [1.54, 1.807) is 12.4 Å². The highest BCUT2D eigenvalue weighted by molar-refractivity contribution is 5.46. The number of hydrogen-bond donors (Lipinski definition) is 0. The van der Waals surface area contributed by atoms with Crippen LogP contribution in [0, 0.1) is 13.8 Å². The van der Waals surface area contributed by atoms with Crippen LogP contribution in [0.2, 0.25) is 0 Å². The van der Waals surface area contributed by atoms with Crippen LogP contribution in [0.3, 0.4) is 0 Å². The average Bonchev–Trinajstić information content (AvgIpc) is 3.09. The van der Waals surface area contributed by atoms with Gasteiger partial charge in [0.25, 0.3) is 0 Å². The fourth-order valence-corrected chi connectivity index (χ4v) is 2.51. The summed E-state index contributed by atoms with van der Waals surface area (Å²) in [6.07, 6.45) is 4.83. The number of benzene rings is 1. The van der Waals surface area contributed by atoms with Crippen LogP contribution in [-0.4, -0.2) is 20.6 Å². The molecule has 0 saturated carbocycles. The average molecular weight is 367 g/mol. The van der Waals surface area contributed by atoms with Gasteiger partial charge < -0.3 is 13.9 Å². The largest absolute Gasteiger partial charge is 0.486 e. The number of nitrogens with zero attached hydrogens (tertiary/aromatic N) is 3. The fraction of sp³-hybridized carbons (Fsp3) is 0.381. The maximum Gasteiger partial charge on any atom is 0.220 e. The Hall–Kier alpha value is -2.73. The smallest absolute Gasteiger partial charge is 0.220 e. The molecule has 3 rings (SSSR count). The number of ether oxygens (including phenoxy) is 2. The Morgan fingerprint density at radius 3 is 2.30 bits per heavy atom. The summed E-state index contributed by atoms with van der Waals surface area (Å²) in [6.45, 7) is 10.9. The van der Waals surface area contributed by atoms with Crippen molar-refractivity contribution in [3.05, 3.63) is 59.4 Å². The molecule has 3 aromatic rings. The Morgan fingerprint density at radius 2 is 1.67 bits per heavy atom. The van der Waals surface area contributed by atoms with Gasteiger partial charge in [-0.2, -0.15) is 0 Å². The minimum atomic E-state index is -0.250. The number of hydrogen-bond acceptors (Lipinski definition) is 6. The van der Waals surface area contributed by atoms with Gasteiger partial charge in [0.05, 0.1) is 18.0 Å². The molecule has 2 heterocycles. The molecular weight excluding hydrogens is 342 g/mol. The zero-order chi connectivity index (χ0) is 19.4. The van der Waals surface area contributed by atoms with E-state index in [1.165, 1.54) is 23.0 Å². The Bertz CT molecular complexity index is 876. The summed E-state index contributed by atoms with van der Waals surface area (Å²) in [5, 5.41) is 0. The van der Waals surface area contributed by atoms with Crippen molar-refractivity contribution in [2.24, 2.45) is 0 Å². The van der Waals surface area contributed by atoms with E-state index in [-0.39, 0.29) is 5.60 Å². The topological polar surface area (TPSA) is 70.3 Å². The van der Waals surface area contributed by atoms with Crippen molar-refractivity contribution in [2.75, 3.05) is 0 Å². The molecule has 0 aliphatic rings. The third-order valence-electron chi connectivity index (χ3n) is 4.07. The van der Waals surface area contributed by atoms with Crippen molar-refractivity contribution in [3.63, 3.8) is 0 Å². The van der Waals surface area contributed by atoms with Gasteiger partial charge in [0, 0.05) is 0 Å². The van der Waals surface area contributed by atoms with Gasteiger partial charge >= 0.3 is 0 Å². The highest BCUT2D eigenvalue weighted by Crippen LogP contribution is 2.20. The van der Waals surface area contributed by atoms with Crippen molar-refractivity contribution >= 4 is 0 Å². The lowest BCUT2D eigenvalue weighted by molar-refractivity contribution is -0.0243. The fourth-order valence-electron chi connectivity index (χ4n) is 2.51. The molecule has 2 aromatic heterocycles. The summed E-state index contributed by atoms with van der Waals surface area (Å²) >= 11 is 0. The lowest BCUT2D eigenvalue weighted by atomic mass is 10.0. The zero-order valence-electron chi connectivity index (χ0n) is 16.4. The van der Waals surface area contributed by atoms with Gasteiger partial charge in [-0.25, -0.2) is 15.0 Å². The van der Waals surface area contributed by atoms with Crippen LogP contribution in [0.1, 0.15) is 43.4 Å². The minimum absolute atomic E-state index is 0.250. The summed E-state index contributed by atoms with van der Waals surface area (Å²) in [7, 11) is 0. The summed E-state index contributed by atoms with van der Waals surface area (Å²) in [6, 6.07) is 6.21.